The number of fused-ring (bicyclic) bond motifs is 3. The summed E-state index contributed by atoms with van der Waals surface area (Å²) in [6.07, 6.45) is -0.360. The van der Waals surface area contributed by atoms with Gasteiger partial charge in [-0.1, -0.05) is 41.4 Å². The zero-order valence-electron chi connectivity index (χ0n) is 16.3. The molecule has 1 atom stereocenters. The van der Waals surface area contributed by atoms with Crippen LogP contribution in [0.3, 0.4) is 0 Å². The third-order valence-corrected chi connectivity index (χ3v) is 5.37. The van der Waals surface area contributed by atoms with Gasteiger partial charge in [0, 0.05) is 27.7 Å². The van der Waals surface area contributed by atoms with Crippen molar-refractivity contribution in [1.82, 2.24) is 19.7 Å². The standard InChI is InChI=1S/C21H22Cl2N4O2/c1-26(2)9-10-28-12-19-24-25-20-13-29-21(15-5-3-4-6-17(15)23)16-11-14(22)7-8-18(16)27(19)20/h3-8,11,21H,9-10,12-13H2,1-2H3. The molecular weight excluding hydrogens is 411 g/mol. The van der Waals surface area contributed by atoms with E-state index in [1.54, 1.807) is 0 Å². The SMILES string of the molecule is CN(C)CCOCc1nnc2n1-c1ccc(Cl)cc1C(c1ccccc1Cl)OC2. The van der Waals surface area contributed by atoms with Crippen LogP contribution in [0.1, 0.15) is 28.9 Å². The largest absolute Gasteiger partial charge is 0.372 e. The van der Waals surface area contributed by atoms with Crippen LogP contribution in [-0.2, 0) is 22.7 Å². The first-order chi connectivity index (χ1) is 14.0. The van der Waals surface area contributed by atoms with Gasteiger partial charge in [0.1, 0.15) is 19.3 Å². The molecule has 0 aliphatic carbocycles. The van der Waals surface area contributed by atoms with Crippen molar-refractivity contribution in [2.24, 2.45) is 0 Å². The summed E-state index contributed by atoms with van der Waals surface area (Å²) in [5.74, 6) is 1.44. The van der Waals surface area contributed by atoms with E-state index >= 15 is 0 Å². The van der Waals surface area contributed by atoms with Crippen molar-refractivity contribution in [2.75, 3.05) is 27.2 Å². The molecule has 4 rings (SSSR count). The Morgan fingerprint density at radius 2 is 1.97 bits per heavy atom. The monoisotopic (exact) mass is 432 g/mol. The van der Waals surface area contributed by atoms with Crippen LogP contribution in [0.5, 0.6) is 0 Å². The zero-order chi connectivity index (χ0) is 20.4. The van der Waals surface area contributed by atoms with Crippen molar-refractivity contribution in [2.45, 2.75) is 19.3 Å². The molecule has 1 aliphatic heterocycles. The van der Waals surface area contributed by atoms with E-state index < -0.39 is 0 Å². The Balaban J connectivity index is 1.73. The van der Waals surface area contributed by atoms with Gasteiger partial charge in [0.25, 0.3) is 0 Å². The van der Waals surface area contributed by atoms with Crippen molar-refractivity contribution in [1.29, 1.82) is 0 Å². The second kappa shape index (κ2) is 8.81. The van der Waals surface area contributed by atoms with Crippen LogP contribution in [0.25, 0.3) is 5.69 Å². The average molecular weight is 433 g/mol. The minimum absolute atomic E-state index is 0.298. The number of hydrogen-bond acceptors (Lipinski definition) is 5. The molecule has 0 radical (unpaired) electrons. The number of benzene rings is 2. The Hall–Kier alpha value is -1.96. The van der Waals surface area contributed by atoms with Crippen molar-refractivity contribution in [3.05, 3.63) is 75.3 Å². The van der Waals surface area contributed by atoms with E-state index in [4.69, 9.17) is 32.7 Å². The van der Waals surface area contributed by atoms with Gasteiger partial charge in [0.2, 0.25) is 0 Å². The van der Waals surface area contributed by atoms with Gasteiger partial charge in [-0.3, -0.25) is 4.57 Å². The highest BCUT2D eigenvalue weighted by molar-refractivity contribution is 6.31. The van der Waals surface area contributed by atoms with Crippen LogP contribution < -0.4 is 0 Å². The van der Waals surface area contributed by atoms with E-state index in [-0.39, 0.29) is 6.10 Å². The highest BCUT2D eigenvalue weighted by atomic mass is 35.5. The van der Waals surface area contributed by atoms with Crippen molar-refractivity contribution < 1.29 is 9.47 Å². The van der Waals surface area contributed by atoms with Crippen LogP contribution in [0.4, 0.5) is 0 Å². The maximum Gasteiger partial charge on any atom is 0.163 e. The molecule has 6 nitrogen and oxygen atoms in total. The van der Waals surface area contributed by atoms with Crippen LogP contribution in [0, 0.1) is 0 Å². The molecule has 0 fully saturated rings. The van der Waals surface area contributed by atoms with Gasteiger partial charge in [-0.2, -0.15) is 0 Å². The molecule has 1 aromatic heterocycles. The highest BCUT2D eigenvalue weighted by Crippen LogP contribution is 2.39. The topological polar surface area (TPSA) is 52.4 Å². The van der Waals surface area contributed by atoms with Crippen LogP contribution in [0.15, 0.2) is 42.5 Å². The summed E-state index contributed by atoms with van der Waals surface area (Å²) in [5, 5.41) is 9.94. The molecular formula is C21H22Cl2N4O2. The van der Waals surface area contributed by atoms with E-state index in [2.05, 4.69) is 15.1 Å². The number of hydrogen-bond donors (Lipinski definition) is 0. The van der Waals surface area contributed by atoms with Gasteiger partial charge in [-0.05, 0) is 38.4 Å². The molecule has 2 heterocycles. The lowest BCUT2D eigenvalue weighted by atomic mass is 9.99. The molecule has 0 saturated carbocycles. The van der Waals surface area contributed by atoms with E-state index in [1.807, 2.05) is 61.1 Å². The minimum atomic E-state index is -0.360. The third kappa shape index (κ3) is 4.32. The lowest BCUT2D eigenvalue weighted by Crippen LogP contribution is -2.18. The number of likely N-dealkylation sites (N-methyl/N-ethyl adjacent to an activating group) is 1. The molecule has 1 aliphatic rings. The molecule has 0 bridgehead atoms. The summed E-state index contributed by atoms with van der Waals surface area (Å²) >= 11 is 12.8. The van der Waals surface area contributed by atoms with E-state index in [9.17, 15) is 0 Å². The summed E-state index contributed by atoms with van der Waals surface area (Å²) in [7, 11) is 4.03. The first-order valence-electron chi connectivity index (χ1n) is 9.36. The minimum Gasteiger partial charge on any atom is -0.372 e. The second-order valence-electron chi connectivity index (χ2n) is 7.14. The van der Waals surface area contributed by atoms with Gasteiger partial charge < -0.3 is 14.4 Å². The molecule has 3 aromatic rings. The summed E-state index contributed by atoms with van der Waals surface area (Å²) < 4.78 is 14.0. The van der Waals surface area contributed by atoms with Gasteiger partial charge >= 0.3 is 0 Å². The second-order valence-corrected chi connectivity index (χ2v) is 7.98. The summed E-state index contributed by atoms with van der Waals surface area (Å²) in [5.41, 5.74) is 2.72. The Bertz CT molecular complexity index is 1010. The Morgan fingerprint density at radius 3 is 2.76 bits per heavy atom. The van der Waals surface area contributed by atoms with Gasteiger partial charge in [-0.25, -0.2) is 0 Å². The van der Waals surface area contributed by atoms with Gasteiger partial charge in [0.05, 0.1) is 12.3 Å². The van der Waals surface area contributed by atoms with Crippen LogP contribution >= 0.6 is 23.2 Å². The van der Waals surface area contributed by atoms with Crippen molar-refractivity contribution in [3.8, 4) is 5.69 Å². The molecule has 29 heavy (non-hydrogen) atoms. The number of rotatable bonds is 6. The van der Waals surface area contributed by atoms with Crippen molar-refractivity contribution >= 4 is 23.2 Å². The lowest BCUT2D eigenvalue weighted by Gasteiger charge is -2.20. The normalized spacial score (nSPS) is 15.8. The lowest BCUT2D eigenvalue weighted by molar-refractivity contribution is 0.0654. The molecule has 0 spiro atoms. The maximum absolute atomic E-state index is 6.47. The fourth-order valence-corrected chi connectivity index (χ4v) is 3.78. The average Bonchev–Trinajstić information content (AvgIpc) is 3.02. The highest BCUT2D eigenvalue weighted by Gasteiger charge is 2.28. The van der Waals surface area contributed by atoms with Gasteiger partial charge in [0.15, 0.2) is 11.6 Å². The molecule has 1 unspecified atom stereocenters. The van der Waals surface area contributed by atoms with Crippen LogP contribution in [-0.4, -0.2) is 46.9 Å². The smallest absolute Gasteiger partial charge is 0.163 e. The summed E-state index contributed by atoms with van der Waals surface area (Å²) in [4.78, 5) is 2.07. The number of halogens is 2. The number of aromatic nitrogens is 3. The number of nitrogens with zero attached hydrogens (tertiary/aromatic N) is 4. The molecule has 8 heteroatoms. The quantitative estimate of drug-likeness (QED) is 0.544. The molecule has 2 aromatic carbocycles. The predicted molar refractivity (Wildman–Crippen MR) is 113 cm³/mol. The third-order valence-electron chi connectivity index (χ3n) is 4.79. The maximum atomic E-state index is 6.47. The number of ether oxygens (including phenoxy) is 2. The zero-order valence-corrected chi connectivity index (χ0v) is 17.8. The van der Waals surface area contributed by atoms with E-state index in [0.717, 1.165) is 29.2 Å². The van der Waals surface area contributed by atoms with E-state index in [0.29, 0.717) is 35.7 Å². The first kappa shape index (κ1) is 20.3. The predicted octanol–water partition coefficient (Wildman–Crippen LogP) is 4.27. The first-order valence-corrected chi connectivity index (χ1v) is 10.1. The molecule has 152 valence electrons. The van der Waals surface area contributed by atoms with Gasteiger partial charge in [-0.15, -0.1) is 10.2 Å². The molecule has 0 amide bonds. The van der Waals surface area contributed by atoms with E-state index in [1.165, 1.54) is 0 Å². The molecule has 0 saturated heterocycles. The fourth-order valence-electron chi connectivity index (χ4n) is 3.36. The molecule has 0 N–H and O–H groups in total. The Labute approximate surface area is 180 Å². The summed E-state index contributed by atoms with van der Waals surface area (Å²) in [6.45, 7) is 2.11. The summed E-state index contributed by atoms with van der Waals surface area (Å²) in [6, 6.07) is 13.4. The van der Waals surface area contributed by atoms with Crippen molar-refractivity contribution in [3.63, 3.8) is 0 Å². The fraction of sp³-hybridized carbons (Fsp3) is 0.333. The van der Waals surface area contributed by atoms with Crippen LogP contribution in [0.2, 0.25) is 10.0 Å². The Morgan fingerprint density at radius 1 is 1.14 bits per heavy atom. The Kier molecular flexibility index (Phi) is 6.18.